The third-order valence-corrected chi connectivity index (χ3v) is 6.50. The van der Waals surface area contributed by atoms with Crippen LogP contribution in [-0.4, -0.2) is 15.8 Å². The first-order valence-electron chi connectivity index (χ1n) is 9.99. The SMILES string of the molecule is O=CNc1ccc(S(=O)Nc2ccon2)cc1/C=C\C1CCC(c2cccc(F)c2)C1. The molecule has 1 heterocycles. The number of nitrogens with one attached hydrogen (secondary N) is 2. The van der Waals surface area contributed by atoms with Crippen molar-refractivity contribution in [2.75, 3.05) is 10.0 Å². The van der Waals surface area contributed by atoms with Gasteiger partial charge in [-0.3, -0.25) is 9.52 Å². The summed E-state index contributed by atoms with van der Waals surface area (Å²) in [7, 11) is -1.53. The van der Waals surface area contributed by atoms with E-state index in [4.69, 9.17) is 4.52 Å². The van der Waals surface area contributed by atoms with Crippen molar-refractivity contribution in [1.29, 1.82) is 0 Å². The van der Waals surface area contributed by atoms with E-state index in [2.05, 4.69) is 21.3 Å². The molecular weight excluding hydrogens is 417 g/mol. The first-order chi connectivity index (χ1) is 15.1. The molecule has 8 heteroatoms. The van der Waals surface area contributed by atoms with Crippen LogP contribution in [0.15, 0.2) is 70.3 Å². The van der Waals surface area contributed by atoms with E-state index in [-0.39, 0.29) is 5.82 Å². The fraction of sp³-hybridized carbons (Fsp3) is 0.217. The molecule has 3 atom stereocenters. The summed E-state index contributed by atoms with van der Waals surface area (Å²) in [5.41, 5.74) is 2.43. The van der Waals surface area contributed by atoms with Gasteiger partial charge in [0.25, 0.3) is 0 Å². The Morgan fingerprint density at radius 1 is 1.16 bits per heavy atom. The van der Waals surface area contributed by atoms with Gasteiger partial charge in [0.1, 0.15) is 12.1 Å². The van der Waals surface area contributed by atoms with E-state index in [0.29, 0.717) is 34.6 Å². The van der Waals surface area contributed by atoms with E-state index in [1.807, 2.05) is 12.1 Å². The Bertz CT molecular complexity index is 1100. The minimum absolute atomic E-state index is 0.204. The maximum atomic E-state index is 13.5. The molecule has 0 aliphatic heterocycles. The van der Waals surface area contributed by atoms with E-state index in [0.717, 1.165) is 30.4 Å². The molecule has 1 saturated carbocycles. The lowest BCUT2D eigenvalue weighted by molar-refractivity contribution is -0.105. The zero-order chi connectivity index (χ0) is 21.6. The summed E-state index contributed by atoms with van der Waals surface area (Å²) in [6.07, 6.45) is 9.02. The highest BCUT2D eigenvalue weighted by Crippen LogP contribution is 2.39. The average molecular weight is 440 g/mol. The first kappa shape index (κ1) is 21.0. The Labute approximate surface area is 182 Å². The minimum atomic E-state index is -1.53. The Kier molecular flexibility index (Phi) is 6.57. The highest BCUT2D eigenvalue weighted by Gasteiger charge is 2.24. The third kappa shape index (κ3) is 5.27. The molecule has 0 bridgehead atoms. The van der Waals surface area contributed by atoms with Crippen molar-refractivity contribution in [2.45, 2.75) is 30.1 Å². The monoisotopic (exact) mass is 439 g/mol. The van der Waals surface area contributed by atoms with Gasteiger partial charge < -0.3 is 9.84 Å². The van der Waals surface area contributed by atoms with Gasteiger partial charge in [-0.05, 0) is 72.6 Å². The minimum Gasteiger partial charge on any atom is -0.363 e. The summed E-state index contributed by atoms with van der Waals surface area (Å²) in [6.45, 7) is 0. The first-order valence-corrected chi connectivity index (χ1v) is 11.1. The second-order valence-electron chi connectivity index (χ2n) is 7.45. The van der Waals surface area contributed by atoms with E-state index < -0.39 is 11.0 Å². The molecule has 1 aliphatic rings. The molecule has 2 aromatic carbocycles. The number of hydrogen-bond acceptors (Lipinski definition) is 4. The van der Waals surface area contributed by atoms with Crippen molar-refractivity contribution < 1.29 is 17.9 Å². The van der Waals surface area contributed by atoms with Crippen LogP contribution in [0.25, 0.3) is 6.08 Å². The number of anilines is 2. The van der Waals surface area contributed by atoms with Gasteiger partial charge in [0.2, 0.25) is 6.41 Å². The van der Waals surface area contributed by atoms with Crippen LogP contribution in [0.2, 0.25) is 0 Å². The molecule has 1 amide bonds. The van der Waals surface area contributed by atoms with E-state index in [1.165, 1.54) is 12.3 Å². The Morgan fingerprint density at radius 2 is 2.06 bits per heavy atom. The number of allylic oxidation sites excluding steroid dienone is 1. The maximum absolute atomic E-state index is 13.5. The number of benzene rings is 2. The van der Waals surface area contributed by atoms with Crippen molar-refractivity contribution in [3.63, 3.8) is 0 Å². The van der Waals surface area contributed by atoms with Gasteiger partial charge in [-0.2, -0.15) is 0 Å². The van der Waals surface area contributed by atoms with Gasteiger partial charge in [-0.15, -0.1) is 0 Å². The van der Waals surface area contributed by atoms with Crippen molar-refractivity contribution in [2.24, 2.45) is 5.92 Å². The Balaban J connectivity index is 1.49. The molecule has 0 spiro atoms. The van der Waals surface area contributed by atoms with Crippen LogP contribution >= 0.6 is 0 Å². The van der Waals surface area contributed by atoms with Crippen LogP contribution < -0.4 is 10.0 Å². The zero-order valence-electron chi connectivity index (χ0n) is 16.7. The van der Waals surface area contributed by atoms with E-state index in [1.54, 1.807) is 36.4 Å². The molecule has 1 aliphatic carbocycles. The Hall–Kier alpha value is -3.26. The number of carbonyl (C=O) groups is 1. The second kappa shape index (κ2) is 9.70. The summed E-state index contributed by atoms with van der Waals surface area (Å²) in [4.78, 5) is 11.5. The lowest BCUT2D eigenvalue weighted by atomic mass is 9.96. The standard InChI is InChI=1S/C23H22FN3O3S/c24-20-3-1-2-17(13-20)18-6-4-16(12-18)5-7-19-14-21(8-9-22(19)25-15-28)31(29)27-23-10-11-30-26-23/h1-3,5,7-11,13-16,18H,4,6,12H2,(H,25,28)(H,26,27)/b7-5-. The van der Waals surface area contributed by atoms with Gasteiger partial charge >= 0.3 is 0 Å². The highest BCUT2D eigenvalue weighted by molar-refractivity contribution is 7.86. The zero-order valence-corrected chi connectivity index (χ0v) is 17.5. The van der Waals surface area contributed by atoms with Gasteiger partial charge in [0, 0.05) is 11.8 Å². The third-order valence-electron chi connectivity index (χ3n) is 5.43. The van der Waals surface area contributed by atoms with Gasteiger partial charge in [-0.1, -0.05) is 29.4 Å². The van der Waals surface area contributed by atoms with Crippen LogP contribution in [0.3, 0.4) is 0 Å². The number of rotatable bonds is 8. The van der Waals surface area contributed by atoms with Crippen LogP contribution in [0.5, 0.6) is 0 Å². The number of amides is 1. The predicted octanol–water partition coefficient (Wildman–Crippen LogP) is 5.11. The lowest BCUT2D eigenvalue weighted by Crippen LogP contribution is -2.06. The van der Waals surface area contributed by atoms with E-state index in [9.17, 15) is 13.4 Å². The molecule has 6 nitrogen and oxygen atoms in total. The summed E-state index contributed by atoms with van der Waals surface area (Å²) in [6, 6.07) is 13.6. The van der Waals surface area contributed by atoms with Crippen molar-refractivity contribution in [3.8, 4) is 0 Å². The molecule has 1 fully saturated rings. The molecule has 3 unspecified atom stereocenters. The summed E-state index contributed by atoms with van der Waals surface area (Å²) in [5.74, 6) is 0.855. The topological polar surface area (TPSA) is 84.2 Å². The summed E-state index contributed by atoms with van der Waals surface area (Å²) < 4.78 is 33.6. The quantitative estimate of drug-likeness (QED) is 0.478. The Morgan fingerprint density at radius 3 is 2.84 bits per heavy atom. The molecule has 2 N–H and O–H groups in total. The molecule has 160 valence electrons. The number of nitrogens with zero attached hydrogens (tertiary/aromatic N) is 1. The largest absolute Gasteiger partial charge is 0.363 e. The van der Waals surface area contributed by atoms with Crippen LogP contribution in [0, 0.1) is 11.7 Å². The summed E-state index contributed by atoms with van der Waals surface area (Å²) >= 11 is 0. The molecule has 4 rings (SSSR count). The molecule has 31 heavy (non-hydrogen) atoms. The molecule has 0 saturated heterocycles. The van der Waals surface area contributed by atoms with Gasteiger partial charge in [0.15, 0.2) is 16.8 Å². The van der Waals surface area contributed by atoms with Gasteiger partial charge in [-0.25, -0.2) is 8.60 Å². The normalized spacial score (nSPS) is 19.4. The molecular formula is C23H22FN3O3S. The van der Waals surface area contributed by atoms with Gasteiger partial charge in [0.05, 0.1) is 4.90 Å². The van der Waals surface area contributed by atoms with Crippen molar-refractivity contribution in [1.82, 2.24) is 5.16 Å². The van der Waals surface area contributed by atoms with Crippen LogP contribution in [0.1, 0.15) is 36.3 Å². The average Bonchev–Trinajstić information content (AvgIpc) is 3.45. The number of aromatic nitrogens is 1. The van der Waals surface area contributed by atoms with E-state index >= 15 is 0 Å². The molecule has 3 aromatic rings. The fourth-order valence-electron chi connectivity index (χ4n) is 3.90. The smallest absolute Gasteiger partial charge is 0.211 e. The van der Waals surface area contributed by atoms with Crippen molar-refractivity contribution >= 4 is 35.0 Å². The summed E-state index contributed by atoms with van der Waals surface area (Å²) in [5, 5.41) is 6.39. The number of carbonyl (C=O) groups excluding carboxylic acids is 1. The highest BCUT2D eigenvalue weighted by atomic mass is 32.2. The second-order valence-corrected chi connectivity index (χ2v) is 8.66. The predicted molar refractivity (Wildman–Crippen MR) is 118 cm³/mol. The van der Waals surface area contributed by atoms with Crippen LogP contribution in [0.4, 0.5) is 15.9 Å². The van der Waals surface area contributed by atoms with Crippen LogP contribution in [-0.2, 0) is 15.8 Å². The molecule has 1 aromatic heterocycles. The van der Waals surface area contributed by atoms with Crippen molar-refractivity contribution in [3.05, 3.63) is 77.8 Å². The molecule has 0 radical (unpaired) electrons. The lowest BCUT2D eigenvalue weighted by Gasteiger charge is -2.11. The number of halogens is 1. The maximum Gasteiger partial charge on any atom is 0.211 e. The number of hydrogen-bond donors (Lipinski definition) is 2. The fourth-order valence-corrected chi connectivity index (χ4v) is 4.74.